The van der Waals surface area contributed by atoms with E-state index in [4.69, 9.17) is 9.47 Å². The summed E-state index contributed by atoms with van der Waals surface area (Å²) in [6.45, 7) is 13.3. The molecule has 47 heavy (non-hydrogen) atoms. The van der Waals surface area contributed by atoms with Crippen LogP contribution in [0.1, 0.15) is 63.9 Å². The van der Waals surface area contributed by atoms with Gasteiger partial charge in [-0.3, -0.25) is 9.80 Å². The number of halogens is 1. The van der Waals surface area contributed by atoms with E-state index in [0.29, 0.717) is 52.0 Å². The molecule has 2 aromatic heterocycles. The van der Waals surface area contributed by atoms with E-state index in [1.54, 1.807) is 12.3 Å². The lowest BCUT2D eigenvalue weighted by Crippen LogP contribution is -2.65. The molecule has 6 aliphatic rings. The Balaban J connectivity index is 0.870. The van der Waals surface area contributed by atoms with Crippen molar-refractivity contribution in [2.45, 2.75) is 70.4 Å². The van der Waals surface area contributed by atoms with Gasteiger partial charge < -0.3 is 14.4 Å². The molecule has 3 aromatic rings. The second kappa shape index (κ2) is 11.4. The minimum atomic E-state index is -0.349. The standard InChI is InChI=1S/C36H45FN8O2/c1-23(2)32(25-13-27(14-25)43-11-9-36(19-43)20-46-21-36)45-17-35(18-45)8-12-44(16-35)33-34(42-40-22-38-33)47-30-6-5-26(37)15-29(30)31-28(24-3-4-24)7-10-39-41-31/h5-7,10,15,22-25,27,32H,3-4,8-9,11-14,16-21H2,1-2H3/t25?,27?,32-/m1/s1. The van der Waals surface area contributed by atoms with Gasteiger partial charge in [-0.15, -0.1) is 10.2 Å². The van der Waals surface area contributed by atoms with Gasteiger partial charge in [0.1, 0.15) is 23.6 Å². The molecule has 11 heteroatoms. The largest absolute Gasteiger partial charge is 0.434 e. The van der Waals surface area contributed by atoms with Gasteiger partial charge in [-0.1, -0.05) is 13.8 Å². The molecule has 0 radical (unpaired) electrons. The third-order valence-electron chi connectivity index (χ3n) is 12.1. The fraction of sp³-hybridized carbons (Fsp3) is 0.639. The lowest BCUT2D eigenvalue weighted by molar-refractivity contribution is -0.112. The summed E-state index contributed by atoms with van der Waals surface area (Å²) >= 11 is 0. The van der Waals surface area contributed by atoms with Crippen molar-refractivity contribution in [3.63, 3.8) is 0 Å². The van der Waals surface area contributed by atoms with Gasteiger partial charge in [-0.2, -0.15) is 10.2 Å². The molecule has 4 saturated heterocycles. The average Bonchev–Trinajstić information content (AvgIpc) is 3.60. The summed E-state index contributed by atoms with van der Waals surface area (Å²) in [4.78, 5) is 12.5. The Bertz CT molecular complexity index is 1630. The van der Waals surface area contributed by atoms with E-state index in [0.717, 1.165) is 76.2 Å². The van der Waals surface area contributed by atoms with Gasteiger partial charge >= 0.3 is 0 Å². The van der Waals surface area contributed by atoms with E-state index < -0.39 is 0 Å². The Kier molecular flexibility index (Phi) is 7.24. The molecular formula is C36H45FN8O2. The molecule has 2 spiro atoms. The zero-order chi connectivity index (χ0) is 31.8. The fourth-order valence-electron chi connectivity index (χ4n) is 9.48. The summed E-state index contributed by atoms with van der Waals surface area (Å²) in [6.07, 6.45) is 10.5. The van der Waals surface area contributed by atoms with E-state index in [1.807, 2.05) is 6.07 Å². The number of rotatable bonds is 9. The average molecular weight is 641 g/mol. The van der Waals surface area contributed by atoms with Crippen molar-refractivity contribution in [3.05, 3.63) is 48.2 Å². The number of hydrogen-bond donors (Lipinski definition) is 0. The van der Waals surface area contributed by atoms with Crippen LogP contribution >= 0.6 is 0 Å². The molecular weight excluding hydrogens is 595 g/mol. The van der Waals surface area contributed by atoms with Crippen LogP contribution in [0.25, 0.3) is 11.3 Å². The van der Waals surface area contributed by atoms with Crippen molar-refractivity contribution < 1.29 is 13.9 Å². The molecule has 2 saturated carbocycles. The number of hydrogen-bond acceptors (Lipinski definition) is 10. The van der Waals surface area contributed by atoms with E-state index in [-0.39, 0.29) is 11.2 Å². The zero-order valence-corrected chi connectivity index (χ0v) is 27.5. The maximum atomic E-state index is 14.6. The molecule has 1 aromatic carbocycles. The van der Waals surface area contributed by atoms with Crippen LogP contribution in [-0.4, -0.2) is 99.7 Å². The molecule has 6 fully saturated rings. The molecule has 10 nitrogen and oxygen atoms in total. The highest BCUT2D eigenvalue weighted by Crippen LogP contribution is 2.50. The Morgan fingerprint density at radius 1 is 0.957 bits per heavy atom. The van der Waals surface area contributed by atoms with Crippen molar-refractivity contribution in [3.8, 4) is 22.9 Å². The van der Waals surface area contributed by atoms with Gasteiger partial charge in [0.25, 0.3) is 5.88 Å². The fourth-order valence-corrected chi connectivity index (χ4v) is 9.48. The van der Waals surface area contributed by atoms with E-state index in [2.05, 4.69) is 53.9 Å². The van der Waals surface area contributed by atoms with Crippen molar-refractivity contribution in [2.24, 2.45) is 22.7 Å². The Hall–Kier alpha value is -3.28. The van der Waals surface area contributed by atoms with Crippen molar-refractivity contribution >= 4 is 5.82 Å². The minimum absolute atomic E-state index is 0.254. The third kappa shape index (κ3) is 5.38. The van der Waals surface area contributed by atoms with Crippen molar-refractivity contribution in [1.29, 1.82) is 0 Å². The van der Waals surface area contributed by atoms with Crippen LogP contribution in [-0.2, 0) is 4.74 Å². The van der Waals surface area contributed by atoms with Gasteiger partial charge in [0.15, 0.2) is 5.82 Å². The summed E-state index contributed by atoms with van der Waals surface area (Å²) in [5.74, 6) is 3.01. The number of aromatic nitrogens is 5. The highest BCUT2D eigenvalue weighted by molar-refractivity contribution is 5.71. The van der Waals surface area contributed by atoms with Crippen molar-refractivity contribution in [1.82, 2.24) is 35.2 Å². The Morgan fingerprint density at radius 3 is 2.53 bits per heavy atom. The molecule has 0 N–H and O–H groups in total. The predicted molar refractivity (Wildman–Crippen MR) is 175 cm³/mol. The lowest BCUT2D eigenvalue weighted by Gasteiger charge is -2.57. The van der Waals surface area contributed by atoms with E-state index in [1.165, 1.54) is 50.8 Å². The number of nitrogens with zero attached hydrogens (tertiary/aromatic N) is 8. The first-order valence-electron chi connectivity index (χ1n) is 17.7. The number of likely N-dealkylation sites (tertiary alicyclic amines) is 2. The van der Waals surface area contributed by atoms with Gasteiger partial charge in [0, 0.05) is 67.4 Å². The van der Waals surface area contributed by atoms with Crippen LogP contribution in [0.15, 0.2) is 36.8 Å². The van der Waals surface area contributed by atoms with E-state index >= 15 is 0 Å². The second-order valence-electron chi connectivity index (χ2n) is 15.9. The van der Waals surface area contributed by atoms with Crippen LogP contribution in [0.5, 0.6) is 11.6 Å². The summed E-state index contributed by atoms with van der Waals surface area (Å²) in [6, 6.07) is 7.91. The zero-order valence-electron chi connectivity index (χ0n) is 27.5. The quantitative estimate of drug-likeness (QED) is 0.312. The first kappa shape index (κ1) is 29.8. The van der Waals surface area contributed by atoms with E-state index in [9.17, 15) is 4.39 Å². The first-order valence-corrected chi connectivity index (χ1v) is 17.7. The molecule has 0 bridgehead atoms. The van der Waals surface area contributed by atoms with Gasteiger partial charge in [-0.25, -0.2) is 9.37 Å². The smallest absolute Gasteiger partial charge is 0.282 e. The first-order chi connectivity index (χ1) is 22.9. The predicted octanol–water partition coefficient (Wildman–Crippen LogP) is 5.18. The maximum Gasteiger partial charge on any atom is 0.282 e. The van der Waals surface area contributed by atoms with Crippen LogP contribution < -0.4 is 9.64 Å². The number of ether oxygens (including phenoxy) is 2. The molecule has 1 atom stereocenters. The lowest BCUT2D eigenvalue weighted by atomic mass is 9.68. The Labute approximate surface area is 276 Å². The summed E-state index contributed by atoms with van der Waals surface area (Å²) in [5.41, 5.74) is 3.04. The molecule has 4 aliphatic heterocycles. The molecule has 0 amide bonds. The SMILES string of the molecule is CC(C)[C@H](C1CC(N2CCC3(COC3)C2)C1)N1CC2(CCN(c3ncnnc3Oc3ccc(F)cc3-c3nnccc3C3CC3)C2)C1. The van der Waals surface area contributed by atoms with Crippen LogP contribution in [0.2, 0.25) is 0 Å². The van der Waals surface area contributed by atoms with Crippen LogP contribution in [0.4, 0.5) is 10.2 Å². The molecule has 0 unspecified atom stereocenters. The van der Waals surface area contributed by atoms with Gasteiger partial charge in [0.2, 0.25) is 0 Å². The van der Waals surface area contributed by atoms with Gasteiger partial charge in [-0.05, 0) is 92.7 Å². The number of benzene rings is 1. The maximum absolute atomic E-state index is 14.6. The molecule has 248 valence electrons. The molecule has 2 aliphatic carbocycles. The highest BCUT2D eigenvalue weighted by Gasteiger charge is 2.54. The summed E-state index contributed by atoms with van der Waals surface area (Å²) < 4.78 is 26.6. The minimum Gasteiger partial charge on any atom is -0.434 e. The highest BCUT2D eigenvalue weighted by atomic mass is 19.1. The molecule has 6 heterocycles. The second-order valence-corrected chi connectivity index (χ2v) is 15.9. The van der Waals surface area contributed by atoms with Crippen molar-refractivity contribution in [2.75, 3.05) is 57.4 Å². The summed E-state index contributed by atoms with van der Waals surface area (Å²) in [7, 11) is 0. The molecule has 9 rings (SSSR count). The Morgan fingerprint density at radius 2 is 1.79 bits per heavy atom. The van der Waals surface area contributed by atoms with Crippen LogP contribution in [0, 0.1) is 28.5 Å². The number of anilines is 1. The van der Waals surface area contributed by atoms with Crippen LogP contribution in [0.3, 0.4) is 0 Å². The summed E-state index contributed by atoms with van der Waals surface area (Å²) in [5, 5.41) is 17.0. The normalized spacial score (nSPS) is 27.2. The third-order valence-corrected chi connectivity index (χ3v) is 12.1. The topological polar surface area (TPSA) is 92.6 Å². The monoisotopic (exact) mass is 640 g/mol. The van der Waals surface area contributed by atoms with Gasteiger partial charge in [0.05, 0.1) is 13.2 Å².